The number of anilines is 1. The summed E-state index contributed by atoms with van der Waals surface area (Å²) in [6.45, 7) is 0. The summed E-state index contributed by atoms with van der Waals surface area (Å²) in [4.78, 5) is 26.5. The number of amides is 1. The van der Waals surface area contributed by atoms with Crippen molar-refractivity contribution in [1.29, 1.82) is 0 Å². The largest absolute Gasteiger partial charge is 0.477 e. The number of rotatable bonds is 3. The number of fused-ring (bicyclic) bond motifs is 2. The standard InChI is InChI=1S/C13H14N2O4/c16-12(9-5-8-2-4-11(9)19-8)15-7-1-3-10(13(17)18)14-6-7/h1,3,6,8-9,11H,2,4-5H2,(H,15,16)(H,17,18). The van der Waals surface area contributed by atoms with Crippen LogP contribution in [0.2, 0.25) is 0 Å². The quantitative estimate of drug-likeness (QED) is 0.856. The van der Waals surface area contributed by atoms with Gasteiger partial charge < -0.3 is 15.2 Å². The Hall–Kier alpha value is -1.95. The highest BCUT2D eigenvalue weighted by Gasteiger charge is 2.44. The molecule has 2 N–H and O–H groups in total. The predicted octanol–water partition coefficient (Wildman–Crippen LogP) is 1.29. The van der Waals surface area contributed by atoms with Crippen LogP contribution in [0, 0.1) is 5.92 Å². The lowest BCUT2D eigenvalue weighted by atomic mass is 9.88. The second-order valence-electron chi connectivity index (χ2n) is 4.94. The van der Waals surface area contributed by atoms with Gasteiger partial charge in [0.1, 0.15) is 5.69 Å². The molecule has 0 aromatic carbocycles. The van der Waals surface area contributed by atoms with Crippen LogP contribution >= 0.6 is 0 Å². The third-order valence-corrected chi connectivity index (χ3v) is 3.69. The van der Waals surface area contributed by atoms with Crippen LogP contribution in [0.25, 0.3) is 0 Å². The summed E-state index contributed by atoms with van der Waals surface area (Å²) in [5, 5.41) is 11.5. The summed E-state index contributed by atoms with van der Waals surface area (Å²) in [6.07, 6.45) is 4.39. The van der Waals surface area contributed by atoms with Gasteiger partial charge in [0.15, 0.2) is 0 Å². The Bertz CT molecular complexity index is 514. The monoisotopic (exact) mass is 262 g/mol. The number of nitrogens with zero attached hydrogens (tertiary/aromatic N) is 1. The number of nitrogens with one attached hydrogen (secondary N) is 1. The van der Waals surface area contributed by atoms with Gasteiger partial charge in [-0.25, -0.2) is 9.78 Å². The van der Waals surface area contributed by atoms with Crippen molar-refractivity contribution < 1.29 is 19.4 Å². The number of hydrogen-bond acceptors (Lipinski definition) is 4. The van der Waals surface area contributed by atoms with Gasteiger partial charge in [0.2, 0.25) is 5.91 Å². The fourth-order valence-corrected chi connectivity index (χ4v) is 2.74. The van der Waals surface area contributed by atoms with E-state index in [-0.39, 0.29) is 29.7 Å². The van der Waals surface area contributed by atoms with Crippen molar-refractivity contribution in [3.8, 4) is 0 Å². The summed E-state index contributed by atoms with van der Waals surface area (Å²) in [7, 11) is 0. The average Bonchev–Trinajstić information content (AvgIpc) is 3.01. The van der Waals surface area contributed by atoms with Gasteiger partial charge in [-0.05, 0) is 31.4 Å². The molecule has 6 nitrogen and oxygen atoms in total. The van der Waals surface area contributed by atoms with Crippen LogP contribution in [0.1, 0.15) is 29.8 Å². The molecule has 2 fully saturated rings. The number of hydrogen-bond donors (Lipinski definition) is 2. The summed E-state index contributed by atoms with van der Waals surface area (Å²) < 4.78 is 5.64. The molecule has 3 rings (SSSR count). The van der Waals surface area contributed by atoms with Crippen molar-refractivity contribution in [3.63, 3.8) is 0 Å². The molecule has 19 heavy (non-hydrogen) atoms. The van der Waals surface area contributed by atoms with Gasteiger partial charge in [-0.3, -0.25) is 4.79 Å². The Morgan fingerprint density at radius 2 is 2.21 bits per heavy atom. The van der Waals surface area contributed by atoms with Crippen LogP contribution in [-0.4, -0.2) is 34.2 Å². The fourth-order valence-electron chi connectivity index (χ4n) is 2.74. The zero-order chi connectivity index (χ0) is 13.4. The molecule has 0 radical (unpaired) electrons. The molecule has 0 saturated carbocycles. The number of carboxylic acid groups (broad SMARTS) is 1. The lowest BCUT2D eigenvalue weighted by molar-refractivity contribution is -0.121. The van der Waals surface area contributed by atoms with Crippen molar-refractivity contribution >= 4 is 17.6 Å². The van der Waals surface area contributed by atoms with Crippen LogP contribution in [0.5, 0.6) is 0 Å². The molecular weight excluding hydrogens is 248 g/mol. The van der Waals surface area contributed by atoms with Gasteiger partial charge in [-0.2, -0.15) is 0 Å². The van der Waals surface area contributed by atoms with Crippen molar-refractivity contribution in [2.75, 3.05) is 5.32 Å². The SMILES string of the molecule is O=C(O)c1ccc(NC(=O)C2CC3CCC2O3)cn1. The van der Waals surface area contributed by atoms with E-state index in [1.165, 1.54) is 12.3 Å². The molecule has 1 aromatic heterocycles. The molecule has 100 valence electrons. The molecule has 3 unspecified atom stereocenters. The van der Waals surface area contributed by atoms with Crippen LogP contribution in [0.3, 0.4) is 0 Å². The maximum Gasteiger partial charge on any atom is 0.354 e. The van der Waals surface area contributed by atoms with Gasteiger partial charge in [0.05, 0.1) is 30.0 Å². The van der Waals surface area contributed by atoms with Crippen LogP contribution < -0.4 is 5.32 Å². The topological polar surface area (TPSA) is 88.5 Å². The molecular formula is C13H14N2O4. The smallest absolute Gasteiger partial charge is 0.354 e. The number of carbonyl (C=O) groups excluding carboxylic acids is 1. The van der Waals surface area contributed by atoms with E-state index in [1.54, 1.807) is 6.07 Å². The number of ether oxygens (including phenoxy) is 1. The fraction of sp³-hybridized carbons (Fsp3) is 0.462. The second kappa shape index (κ2) is 4.62. The Balaban J connectivity index is 1.64. The van der Waals surface area contributed by atoms with E-state index in [4.69, 9.17) is 9.84 Å². The number of pyridine rings is 1. The van der Waals surface area contributed by atoms with Gasteiger partial charge in [0, 0.05) is 0 Å². The highest BCUT2D eigenvalue weighted by atomic mass is 16.5. The molecule has 6 heteroatoms. The number of carboxylic acids is 1. The lowest BCUT2D eigenvalue weighted by Gasteiger charge is -2.17. The number of carbonyl (C=O) groups is 2. The summed E-state index contributed by atoms with van der Waals surface area (Å²) >= 11 is 0. The van der Waals surface area contributed by atoms with E-state index in [1.807, 2.05) is 0 Å². The van der Waals surface area contributed by atoms with Crippen molar-refractivity contribution in [1.82, 2.24) is 4.98 Å². The lowest BCUT2D eigenvalue weighted by Crippen LogP contribution is -2.30. The second-order valence-corrected chi connectivity index (χ2v) is 4.94. The van der Waals surface area contributed by atoms with E-state index in [0.29, 0.717) is 5.69 Å². The van der Waals surface area contributed by atoms with Crippen molar-refractivity contribution in [2.24, 2.45) is 5.92 Å². The highest BCUT2D eigenvalue weighted by molar-refractivity contribution is 5.93. The van der Waals surface area contributed by atoms with Crippen LogP contribution in [-0.2, 0) is 9.53 Å². The molecule has 3 heterocycles. The molecule has 2 aliphatic rings. The zero-order valence-electron chi connectivity index (χ0n) is 10.2. The maximum atomic E-state index is 12.1. The molecule has 1 aromatic rings. The molecule has 1 amide bonds. The van der Waals surface area contributed by atoms with Gasteiger partial charge in [0.25, 0.3) is 0 Å². The predicted molar refractivity (Wildman–Crippen MR) is 65.8 cm³/mol. The number of aromatic nitrogens is 1. The van der Waals surface area contributed by atoms with Gasteiger partial charge in [-0.1, -0.05) is 0 Å². The Morgan fingerprint density at radius 1 is 1.37 bits per heavy atom. The van der Waals surface area contributed by atoms with E-state index in [9.17, 15) is 9.59 Å². The molecule has 2 bridgehead atoms. The van der Waals surface area contributed by atoms with Crippen molar-refractivity contribution in [2.45, 2.75) is 31.5 Å². The first-order valence-electron chi connectivity index (χ1n) is 6.29. The highest BCUT2D eigenvalue weighted by Crippen LogP contribution is 2.39. The normalized spacial score (nSPS) is 28.3. The van der Waals surface area contributed by atoms with Gasteiger partial charge in [-0.15, -0.1) is 0 Å². The third kappa shape index (κ3) is 2.31. The van der Waals surface area contributed by atoms with E-state index in [2.05, 4.69) is 10.3 Å². The van der Waals surface area contributed by atoms with Crippen LogP contribution in [0.4, 0.5) is 5.69 Å². The van der Waals surface area contributed by atoms with Gasteiger partial charge >= 0.3 is 5.97 Å². The number of aromatic carboxylic acids is 1. The molecule has 0 aliphatic carbocycles. The Morgan fingerprint density at radius 3 is 2.74 bits per heavy atom. The molecule has 3 atom stereocenters. The third-order valence-electron chi connectivity index (χ3n) is 3.69. The van der Waals surface area contributed by atoms with E-state index < -0.39 is 5.97 Å². The Kier molecular flexibility index (Phi) is 2.94. The first kappa shape index (κ1) is 12.1. The summed E-state index contributed by atoms with van der Waals surface area (Å²) in [5.74, 6) is -1.26. The van der Waals surface area contributed by atoms with Crippen molar-refractivity contribution in [3.05, 3.63) is 24.0 Å². The minimum absolute atomic E-state index is 0.0382. The van der Waals surface area contributed by atoms with E-state index >= 15 is 0 Å². The first-order valence-corrected chi connectivity index (χ1v) is 6.29. The molecule has 2 aliphatic heterocycles. The average molecular weight is 262 g/mol. The Labute approximate surface area is 109 Å². The molecule has 0 spiro atoms. The minimum Gasteiger partial charge on any atom is -0.477 e. The summed E-state index contributed by atoms with van der Waals surface area (Å²) in [5.41, 5.74) is 0.471. The minimum atomic E-state index is -1.08. The summed E-state index contributed by atoms with van der Waals surface area (Å²) in [6, 6.07) is 2.91. The molecule has 2 saturated heterocycles. The maximum absolute atomic E-state index is 12.1. The van der Waals surface area contributed by atoms with E-state index in [0.717, 1.165) is 19.3 Å². The van der Waals surface area contributed by atoms with Crippen LogP contribution in [0.15, 0.2) is 18.3 Å². The first-order chi connectivity index (χ1) is 9.13. The zero-order valence-corrected chi connectivity index (χ0v) is 10.2.